The first-order valence-corrected chi connectivity index (χ1v) is 10.9. The zero-order valence-corrected chi connectivity index (χ0v) is 18.7. The number of nitrogens with zero attached hydrogens (tertiary/aromatic N) is 3. The molecule has 4 aromatic rings. The van der Waals surface area contributed by atoms with E-state index in [9.17, 15) is 9.59 Å². The van der Waals surface area contributed by atoms with Crippen LogP contribution in [-0.2, 0) is 4.74 Å². The van der Waals surface area contributed by atoms with Crippen molar-refractivity contribution in [2.75, 3.05) is 18.6 Å². The van der Waals surface area contributed by atoms with E-state index >= 15 is 0 Å². The molecule has 0 radical (unpaired) electrons. The van der Waals surface area contributed by atoms with E-state index in [1.807, 2.05) is 42.5 Å². The molecule has 0 spiro atoms. The first kappa shape index (κ1) is 21.4. The maximum Gasteiger partial charge on any atom is 0.338 e. The third-order valence-corrected chi connectivity index (χ3v) is 5.76. The number of rotatable bonds is 6. The molecule has 0 saturated heterocycles. The minimum absolute atomic E-state index is 0.221. The van der Waals surface area contributed by atoms with Crippen molar-refractivity contribution in [3.63, 3.8) is 0 Å². The molecule has 1 atom stereocenters. The second kappa shape index (κ2) is 8.82. The summed E-state index contributed by atoms with van der Waals surface area (Å²) in [6.07, 6.45) is 1.70. The van der Waals surface area contributed by atoms with Crippen molar-refractivity contribution in [3.8, 4) is 17.0 Å². The molecular formula is C26H22N4O4. The van der Waals surface area contributed by atoms with Crippen LogP contribution in [-0.4, -0.2) is 40.8 Å². The molecule has 0 bridgehead atoms. The van der Waals surface area contributed by atoms with Gasteiger partial charge in [-0.25, -0.2) is 4.79 Å². The zero-order valence-electron chi connectivity index (χ0n) is 18.7. The summed E-state index contributed by atoms with van der Waals surface area (Å²) in [5.41, 5.74) is 4.46. The fraction of sp³-hybridized carbons (Fsp3) is 0.154. The Kier molecular flexibility index (Phi) is 5.55. The van der Waals surface area contributed by atoms with Gasteiger partial charge in [0.2, 0.25) is 0 Å². The van der Waals surface area contributed by atoms with Gasteiger partial charge in [0.05, 0.1) is 30.7 Å². The molecule has 1 aliphatic rings. The molecule has 0 saturated carbocycles. The first-order chi connectivity index (χ1) is 16.6. The van der Waals surface area contributed by atoms with E-state index in [-0.39, 0.29) is 5.91 Å². The Morgan fingerprint density at radius 2 is 1.82 bits per heavy atom. The number of esters is 1. The molecule has 170 valence electrons. The third kappa shape index (κ3) is 3.59. The number of aromatic amines is 1. The van der Waals surface area contributed by atoms with Crippen molar-refractivity contribution in [2.24, 2.45) is 0 Å². The van der Waals surface area contributed by atoms with Crippen LogP contribution in [0.5, 0.6) is 5.75 Å². The Morgan fingerprint density at radius 1 is 1.06 bits per heavy atom. The molecule has 1 N–H and O–H groups in total. The summed E-state index contributed by atoms with van der Waals surface area (Å²) in [5.74, 6) is 0.109. The number of nitrogens with one attached hydrogen (secondary N) is 1. The number of aromatic nitrogens is 3. The van der Waals surface area contributed by atoms with Crippen LogP contribution in [0.4, 0.5) is 5.69 Å². The maximum absolute atomic E-state index is 13.6. The van der Waals surface area contributed by atoms with Gasteiger partial charge < -0.3 is 9.47 Å². The Morgan fingerprint density at radius 3 is 2.47 bits per heavy atom. The molecule has 0 unspecified atom stereocenters. The van der Waals surface area contributed by atoms with Gasteiger partial charge in [-0.05, 0) is 67.6 Å². The second-order valence-electron chi connectivity index (χ2n) is 7.69. The summed E-state index contributed by atoms with van der Waals surface area (Å²) in [6, 6.07) is 19.4. The van der Waals surface area contributed by atoms with Crippen molar-refractivity contribution in [2.45, 2.75) is 13.0 Å². The number of hydrogen-bond acceptors (Lipinski definition) is 6. The van der Waals surface area contributed by atoms with Crippen molar-refractivity contribution >= 4 is 17.6 Å². The molecule has 1 amide bonds. The zero-order chi connectivity index (χ0) is 23.7. The average molecular weight is 454 g/mol. The Balaban J connectivity index is 1.61. The number of pyridine rings is 1. The van der Waals surface area contributed by atoms with Crippen LogP contribution in [0, 0.1) is 0 Å². The maximum atomic E-state index is 13.6. The molecule has 0 fully saturated rings. The molecule has 34 heavy (non-hydrogen) atoms. The van der Waals surface area contributed by atoms with Crippen molar-refractivity contribution < 1.29 is 19.1 Å². The van der Waals surface area contributed by atoms with Crippen LogP contribution in [0.15, 0.2) is 72.9 Å². The summed E-state index contributed by atoms with van der Waals surface area (Å²) in [4.78, 5) is 31.9. The van der Waals surface area contributed by atoms with Crippen molar-refractivity contribution in [1.82, 2.24) is 15.2 Å². The fourth-order valence-electron chi connectivity index (χ4n) is 4.17. The lowest BCUT2D eigenvalue weighted by atomic mass is 9.99. The summed E-state index contributed by atoms with van der Waals surface area (Å²) in [5, 5.41) is 7.41. The van der Waals surface area contributed by atoms with Gasteiger partial charge in [-0.3, -0.25) is 19.8 Å². The molecule has 1 aliphatic heterocycles. The molecule has 0 aliphatic carbocycles. The van der Waals surface area contributed by atoms with Crippen LogP contribution in [0.3, 0.4) is 0 Å². The highest BCUT2D eigenvalue weighted by Gasteiger charge is 2.43. The second-order valence-corrected chi connectivity index (χ2v) is 7.69. The molecule has 2 aromatic heterocycles. The van der Waals surface area contributed by atoms with E-state index < -0.39 is 12.0 Å². The Labute approximate surface area is 196 Å². The van der Waals surface area contributed by atoms with E-state index in [0.29, 0.717) is 34.9 Å². The minimum Gasteiger partial charge on any atom is -0.497 e. The van der Waals surface area contributed by atoms with E-state index in [0.717, 1.165) is 16.9 Å². The number of ether oxygens (including phenoxy) is 2. The number of carbonyl (C=O) groups is 2. The largest absolute Gasteiger partial charge is 0.497 e. The monoisotopic (exact) mass is 454 g/mol. The smallest absolute Gasteiger partial charge is 0.338 e. The first-order valence-electron chi connectivity index (χ1n) is 10.9. The lowest BCUT2D eigenvalue weighted by Crippen LogP contribution is -2.29. The molecule has 8 heteroatoms. The number of hydrogen-bond donors (Lipinski definition) is 1. The van der Waals surface area contributed by atoms with Gasteiger partial charge in [-0.15, -0.1) is 0 Å². The highest BCUT2D eigenvalue weighted by Crippen LogP contribution is 2.44. The average Bonchev–Trinajstić information content (AvgIpc) is 3.44. The topological polar surface area (TPSA) is 97.4 Å². The van der Waals surface area contributed by atoms with E-state index in [4.69, 9.17) is 9.47 Å². The number of fused-ring (bicyclic) bond motifs is 1. The van der Waals surface area contributed by atoms with Gasteiger partial charge in [0.15, 0.2) is 0 Å². The number of benzene rings is 2. The highest BCUT2D eigenvalue weighted by molar-refractivity contribution is 6.11. The highest BCUT2D eigenvalue weighted by atomic mass is 16.5. The van der Waals surface area contributed by atoms with Crippen LogP contribution in [0.25, 0.3) is 11.3 Å². The molecular weight excluding hydrogens is 432 g/mol. The Hall–Kier alpha value is -4.46. The summed E-state index contributed by atoms with van der Waals surface area (Å²) in [7, 11) is 1.61. The van der Waals surface area contributed by atoms with Crippen molar-refractivity contribution in [3.05, 3.63) is 95.4 Å². The number of anilines is 1. The van der Waals surface area contributed by atoms with Crippen LogP contribution in [0.1, 0.15) is 45.1 Å². The molecule has 2 aromatic carbocycles. The van der Waals surface area contributed by atoms with Gasteiger partial charge in [-0.1, -0.05) is 6.07 Å². The van der Waals surface area contributed by atoms with Gasteiger partial charge >= 0.3 is 5.97 Å². The number of methoxy groups -OCH3 is 1. The standard InChI is InChI=1S/C26H22N4O4/c1-3-34-26(32)17-7-11-18(12-8-17)30-24(20-6-4-5-15-27-20)21-22(28-29-23(21)25(30)31)16-9-13-19(33-2)14-10-16/h4-15,24H,3H2,1-2H3,(H,28,29)/t24-/m1/s1. The number of H-pyrrole nitrogens is 1. The van der Waals surface area contributed by atoms with Crippen LogP contribution in [0.2, 0.25) is 0 Å². The van der Waals surface area contributed by atoms with Gasteiger partial charge in [0, 0.05) is 23.0 Å². The third-order valence-electron chi connectivity index (χ3n) is 5.76. The van der Waals surface area contributed by atoms with Crippen molar-refractivity contribution in [1.29, 1.82) is 0 Å². The molecule has 5 rings (SSSR count). The van der Waals surface area contributed by atoms with Gasteiger partial charge in [-0.2, -0.15) is 5.10 Å². The van der Waals surface area contributed by atoms with E-state index in [1.54, 1.807) is 49.4 Å². The normalized spacial score (nSPS) is 14.7. The van der Waals surface area contributed by atoms with E-state index in [2.05, 4.69) is 15.2 Å². The molecule has 8 nitrogen and oxygen atoms in total. The van der Waals surface area contributed by atoms with Gasteiger partial charge in [0.1, 0.15) is 17.5 Å². The van der Waals surface area contributed by atoms with E-state index in [1.165, 1.54) is 0 Å². The predicted octanol–water partition coefficient (Wildman–Crippen LogP) is 4.41. The lowest BCUT2D eigenvalue weighted by Gasteiger charge is -2.25. The molecule has 3 heterocycles. The SMILES string of the molecule is CCOC(=O)c1ccc(N2C(=O)c3[nH]nc(-c4ccc(OC)cc4)c3[C@H]2c2ccccn2)cc1. The predicted molar refractivity (Wildman–Crippen MR) is 126 cm³/mol. The number of carbonyl (C=O) groups excluding carboxylic acids is 2. The summed E-state index contributed by atoms with van der Waals surface area (Å²) in [6.45, 7) is 2.05. The Bertz CT molecular complexity index is 1330. The summed E-state index contributed by atoms with van der Waals surface area (Å²) >= 11 is 0. The fourth-order valence-corrected chi connectivity index (χ4v) is 4.17. The minimum atomic E-state index is -0.493. The van der Waals surface area contributed by atoms with Gasteiger partial charge in [0.25, 0.3) is 5.91 Å². The van der Waals surface area contributed by atoms with Crippen LogP contribution < -0.4 is 9.64 Å². The van der Waals surface area contributed by atoms with Crippen LogP contribution >= 0.6 is 0 Å². The number of amides is 1. The quantitative estimate of drug-likeness (QED) is 0.434. The summed E-state index contributed by atoms with van der Waals surface area (Å²) < 4.78 is 10.3. The lowest BCUT2D eigenvalue weighted by molar-refractivity contribution is 0.0526.